The Morgan fingerprint density at radius 1 is 1.30 bits per heavy atom. The van der Waals surface area contributed by atoms with Gasteiger partial charge in [0.25, 0.3) is 0 Å². The molecule has 0 fully saturated rings. The van der Waals surface area contributed by atoms with E-state index in [1.165, 1.54) is 4.90 Å². The quantitative estimate of drug-likeness (QED) is 0.618. The highest BCUT2D eigenvalue weighted by atomic mass is 19.1. The van der Waals surface area contributed by atoms with Crippen molar-refractivity contribution >= 4 is 17.6 Å². The Morgan fingerprint density at radius 2 is 1.96 bits per heavy atom. The molecule has 1 aromatic rings. The van der Waals surface area contributed by atoms with Gasteiger partial charge in [-0.15, -0.1) is 0 Å². The zero-order chi connectivity index (χ0) is 17.6. The summed E-state index contributed by atoms with van der Waals surface area (Å²) in [6.45, 7) is 8.04. The molecule has 0 radical (unpaired) electrons. The molecule has 1 rings (SSSR count). The van der Waals surface area contributed by atoms with Gasteiger partial charge in [0, 0.05) is 19.2 Å². The van der Waals surface area contributed by atoms with Crippen LogP contribution in [0.3, 0.4) is 0 Å². The molecule has 0 saturated heterocycles. The Morgan fingerprint density at radius 3 is 2.48 bits per heavy atom. The van der Waals surface area contributed by atoms with E-state index in [9.17, 15) is 18.4 Å². The molecule has 1 N–H and O–H groups in total. The second-order valence-electron chi connectivity index (χ2n) is 5.02. The molecule has 23 heavy (non-hydrogen) atoms. The van der Waals surface area contributed by atoms with E-state index in [2.05, 4.69) is 16.6 Å². The fourth-order valence-corrected chi connectivity index (χ4v) is 1.94. The molecule has 1 amide bonds. The predicted octanol–water partition coefficient (Wildman–Crippen LogP) is 2.59. The highest BCUT2D eigenvalue weighted by Crippen LogP contribution is 2.20. The standard InChI is InChI=1S/C16H20F2N2O3/c1-5-20(9-10(2)3)15(21)8-19-14-6-11(16(22)23-4)12(17)7-13(14)18/h6-7,19H,2,5,8-9H2,1,3-4H3. The third kappa shape index (κ3) is 5.05. The maximum atomic E-state index is 13.7. The van der Waals surface area contributed by atoms with Crippen molar-refractivity contribution in [2.75, 3.05) is 32.1 Å². The maximum absolute atomic E-state index is 13.7. The number of esters is 1. The summed E-state index contributed by atoms with van der Waals surface area (Å²) < 4.78 is 31.7. The predicted molar refractivity (Wildman–Crippen MR) is 83.3 cm³/mol. The van der Waals surface area contributed by atoms with Crippen LogP contribution in [0, 0.1) is 11.6 Å². The lowest BCUT2D eigenvalue weighted by Crippen LogP contribution is -2.36. The minimum absolute atomic E-state index is 0.147. The summed E-state index contributed by atoms with van der Waals surface area (Å²) >= 11 is 0. The monoisotopic (exact) mass is 326 g/mol. The van der Waals surface area contributed by atoms with Gasteiger partial charge in [-0.25, -0.2) is 13.6 Å². The molecule has 7 heteroatoms. The molecule has 0 heterocycles. The Labute approximate surface area is 133 Å². The van der Waals surface area contributed by atoms with Crippen LogP contribution in [0.5, 0.6) is 0 Å². The molecule has 0 aliphatic rings. The molecule has 126 valence electrons. The van der Waals surface area contributed by atoms with Gasteiger partial charge in [0.2, 0.25) is 5.91 Å². The van der Waals surface area contributed by atoms with Crippen molar-refractivity contribution in [3.8, 4) is 0 Å². The van der Waals surface area contributed by atoms with Crippen LogP contribution in [-0.2, 0) is 9.53 Å². The summed E-state index contributed by atoms with van der Waals surface area (Å²) in [4.78, 5) is 25.0. The lowest BCUT2D eigenvalue weighted by Gasteiger charge is -2.21. The maximum Gasteiger partial charge on any atom is 0.340 e. The Bertz CT molecular complexity index is 618. The summed E-state index contributed by atoms with van der Waals surface area (Å²) in [5.74, 6) is -3.11. The number of likely N-dealkylation sites (N-methyl/N-ethyl adjacent to an activating group) is 1. The second kappa shape index (κ2) is 8.26. The van der Waals surface area contributed by atoms with Crippen molar-refractivity contribution in [1.82, 2.24) is 4.90 Å². The van der Waals surface area contributed by atoms with Crippen molar-refractivity contribution in [2.24, 2.45) is 0 Å². The summed E-state index contributed by atoms with van der Waals surface area (Å²) in [6, 6.07) is 1.56. The lowest BCUT2D eigenvalue weighted by atomic mass is 10.1. The first-order valence-corrected chi connectivity index (χ1v) is 7.03. The van der Waals surface area contributed by atoms with E-state index in [1.807, 2.05) is 6.92 Å². The fourth-order valence-electron chi connectivity index (χ4n) is 1.94. The van der Waals surface area contributed by atoms with Crippen LogP contribution in [0.1, 0.15) is 24.2 Å². The molecule has 0 aromatic heterocycles. The normalized spacial score (nSPS) is 10.1. The van der Waals surface area contributed by atoms with Crippen LogP contribution in [0.15, 0.2) is 24.3 Å². The van der Waals surface area contributed by atoms with Gasteiger partial charge in [-0.3, -0.25) is 4.79 Å². The first-order valence-electron chi connectivity index (χ1n) is 7.03. The number of hydrogen-bond donors (Lipinski definition) is 1. The number of amides is 1. The molecular formula is C16H20F2N2O3. The molecule has 0 unspecified atom stereocenters. The first-order chi connectivity index (χ1) is 10.8. The molecule has 0 aliphatic heterocycles. The number of nitrogens with one attached hydrogen (secondary N) is 1. The topological polar surface area (TPSA) is 58.6 Å². The van der Waals surface area contributed by atoms with E-state index in [1.54, 1.807) is 6.92 Å². The molecular weight excluding hydrogens is 306 g/mol. The van der Waals surface area contributed by atoms with Crippen molar-refractivity contribution in [1.29, 1.82) is 0 Å². The molecule has 0 aliphatic carbocycles. The molecule has 0 saturated carbocycles. The molecule has 5 nitrogen and oxygen atoms in total. The first kappa shape index (κ1) is 18.6. The number of hydrogen-bond acceptors (Lipinski definition) is 4. The van der Waals surface area contributed by atoms with Gasteiger partial charge in [-0.2, -0.15) is 0 Å². The van der Waals surface area contributed by atoms with Gasteiger partial charge in [-0.1, -0.05) is 12.2 Å². The molecule has 1 aromatic carbocycles. The number of ether oxygens (including phenoxy) is 1. The van der Waals surface area contributed by atoms with Gasteiger partial charge >= 0.3 is 5.97 Å². The van der Waals surface area contributed by atoms with Crippen LogP contribution in [0.2, 0.25) is 0 Å². The van der Waals surface area contributed by atoms with Crippen molar-refractivity contribution in [3.05, 3.63) is 41.5 Å². The summed E-state index contributed by atoms with van der Waals surface area (Å²) in [5.41, 5.74) is 0.269. The third-order valence-electron chi connectivity index (χ3n) is 3.09. The summed E-state index contributed by atoms with van der Waals surface area (Å²) in [5, 5.41) is 2.58. The number of anilines is 1. The average Bonchev–Trinajstić information content (AvgIpc) is 2.50. The Hall–Kier alpha value is -2.44. The van der Waals surface area contributed by atoms with E-state index >= 15 is 0 Å². The third-order valence-corrected chi connectivity index (χ3v) is 3.09. The average molecular weight is 326 g/mol. The SMILES string of the molecule is C=C(C)CN(CC)C(=O)CNc1cc(C(=O)OC)c(F)cc1F. The van der Waals surface area contributed by atoms with Crippen LogP contribution in [0.4, 0.5) is 14.5 Å². The van der Waals surface area contributed by atoms with Crippen LogP contribution in [-0.4, -0.2) is 43.5 Å². The largest absolute Gasteiger partial charge is 0.465 e. The van der Waals surface area contributed by atoms with Crippen LogP contribution >= 0.6 is 0 Å². The summed E-state index contributed by atoms with van der Waals surface area (Å²) in [7, 11) is 1.10. The Balaban J connectivity index is 2.86. The van der Waals surface area contributed by atoms with E-state index < -0.39 is 23.2 Å². The molecule has 0 spiro atoms. The molecule has 0 atom stereocenters. The summed E-state index contributed by atoms with van der Waals surface area (Å²) in [6.07, 6.45) is 0. The zero-order valence-electron chi connectivity index (χ0n) is 13.4. The van der Waals surface area contributed by atoms with Crippen LogP contribution in [0.25, 0.3) is 0 Å². The van der Waals surface area contributed by atoms with Crippen molar-refractivity contribution < 1.29 is 23.1 Å². The van der Waals surface area contributed by atoms with E-state index in [4.69, 9.17) is 0 Å². The second-order valence-corrected chi connectivity index (χ2v) is 5.02. The van der Waals surface area contributed by atoms with E-state index in [0.29, 0.717) is 19.2 Å². The van der Waals surface area contributed by atoms with Gasteiger partial charge in [0.05, 0.1) is 24.9 Å². The van der Waals surface area contributed by atoms with Crippen LogP contribution < -0.4 is 5.32 Å². The zero-order valence-corrected chi connectivity index (χ0v) is 13.4. The number of rotatable bonds is 7. The number of halogens is 2. The highest BCUT2D eigenvalue weighted by molar-refractivity contribution is 5.91. The number of carbonyl (C=O) groups is 2. The smallest absolute Gasteiger partial charge is 0.340 e. The number of nitrogens with zero attached hydrogens (tertiary/aromatic N) is 1. The van der Waals surface area contributed by atoms with Crippen molar-refractivity contribution in [2.45, 2.75) is 13.8 Å². The Kier molecular flexibility index (Phi) is 6.68. The van der Waals surface area contributed by atoms with E-state index in [-0.39, 0.29) is 18.1 Å². The minimum atomic E-state index is -1.02. The molecule has 0 bridgehead atoms. The lowest BCUT2D eigenvalue weighted by molar-refractivity contribution is -0.128. The van der Waals surface area contributed by atoms with Gasteiger partial charge < -0.3 is 15.0 Å². The van der Waals surface area contributed by atoms with Gasteiger partial charge in [0.1, 0.15) is 11.6 Å². The minimum Gasteiger partial charge on any atom is -0.465 e. The highest BCUT2D eigenvalue weighted by Gasteiger charge is 2.18. The number of carbonyl (C=O) groups excluding carboxylic acids is 2. The van der Waals surface area contributed by atoms with E-state index in [0.717, 1.165) is 18.7 Å². The number of benzene rings is 1. The van der Waals surface area contributed by atoms with Crippen molar-refractivity contribution in [3.63, 3.8) is 0 Å². The fraction of sp³-hybridized carbons (Fsp3) is 0.375. The number of methoxy groups -OCH3 is 1. The van der Waals surface area contributed by atoms with Gasteiger partial charge in [-0.05, 0) is 19.9 Å². The van der Waals surface area contributed by atoms with Gasteiger partial charge in [0.15, 0.2) is 0 Å².